The lowest BCUT2D eigenvalue weighted by atomic mass is 9.99. The van der Waals surface area contributed by atoms with E-state index < -0.39 is 17.8 Å². The van der Waals surface area contributed by atoms with Gasteiger partial charge in [-0.15, -0.1) is 0 Å². The van der Waals surface area contributed by atoms with Gasteiger partial charge in [-0.1, -0.05) is 30.3 Å². The van der Waals surface area contributed by atoms with E-state index in [1.165, 1.54) is 6.92 Å². The van der Waals surface area contributed by atoms with Gasteiger partial charge in [-0.2, -0.15) is 0 Å². The lowest BCUT2D eigenvalue weighted by Crippen LogP contribution is -2.07. The van der Waals surface area contributed by atoms with Gasteiger partial charge < -0.3 is 9.84 Å². The Hall–Kier alpha value is -2.10. The Morgan fingerprint density at radius 1 is 1.31 bits per heavy atom. The summed E-state index contributed by atoms with van der Waals surface area (Å²) in [7, 11) is 0. The van der Waals surface area contributed by atoms with Gasteiger partial charge in [-0.05, 0) is 12.5 Å². The zero-order valence-corrected chi connectivity index (χ0v) is 8.64. The van der Waals surface area contributed by atoms with Gasteiger partial charge in [0.05, 0.1) is 5.57 Å². The molecule has 0 saturated heterocycles. The molecular formula is C12H10O4. The second kappa shape index (κ2) is 3.81. The van der Waals surface area contributed by atoms with E-state index in [4.69, 9.17) is 4.74 Å². The van der Waals surface area contributed by atoms with Crippen molar-refractivity contribution in [2.45, 2.75) is 13.0 Å². The number of benzene rings is 1. The lowest BCUT2D eigenvalue weighted by molar-refractivity contribution is -0.142. The minimum absolute atomic E-state index is 0.0243. The molecule has 0 unspecified atom stereocenters. The van der Waals surface area contributed by atoms with Crippen molar-refractivity contribution in [3.05, 3.63) is 47.2 Å². The maximum atomic E-state index is 11.3. The van der Waals surface area contributed by atoms with Crippen molar-refractivity contribution in [2.24, 2.45) is 0 Å². The standard InChI is InChI=1S/C12H10O4/c1-7(13)9-10(14)12(15)16-11(9)8-5-3-2-4-6-8/h2-6,11,14H,1H3/t11-/m1/s1. The smallest absolute Gasteiger partial charge is 0.374 e. The first-order chi connectivity index (χ1) is 7.61. The molecule has 0 fully saturated rings. The number of carbonyl (C=O) groups excluding carboxylic acids is 2. The van der Waals surface area contributed by atoms with Crippen LogP contribution in [-0.2, 0) is 14.3 Å². The quantitative estimate of drug-likeness (QED) is 0.767. The fourth-order valence-electron chi connectivity index (χ4n) is 1.67. The molecule has 1 aromatic carbocycles. The van der Waals surface area contributed by atoms with Gasteiger partial charge in [0.25, 0.3) is 0 Å². The molecule has 1 aromatic rings. The van der Waals surface area contributed by atoms with Crippen LogP contribution in [0.25, 0.3) is 0 Å². The van der Waals surface area contributed by atoms with E-state index in [0.29, 0.717) is 5.56 Å². The molecule has 4 nitrogen and oxygen atoms in total. The molecule has 1 heterocycles. The molecule has 1 N–H and O–H groups in total. The van der Waals surface area contributed by atoms with Gasteiger partial charge in [0.2, 0.25) is 5.76 Å². The maximum absolute atomic E-state index is 11.3. The Bertz CT molecular complexity index is 473. The molecule has 0 radical (unpaired) electrons. The summed E-state index contributed by atoms with van der Waals surface area (Å²) in [4.78, 5) is 22.5. The summed E-state index contributed by atoms with van der Waals surface area (Å²) in [5.41, 5.74) is 0.696. The monoisotopic (exact) mass is 218 g/mol. The number of hydrogen-bond acceptors (Lipinski definition) is 4. The summed E-state index contributed by atoms with van der Waals surface area (Å²) in [6.07, 6.45) is -0.786. The molecule has 1 aliphatic rings. The molecule has 0 aliphatic carbocycles. The summed E-state index contributed by atoms with van der Waals surface area (Å²) in [6.45, 7) is 1.30. The third-order valence-electron chi connectivity index (χ3n) is 2.42. The van der Waals surface area contributed by atoms with Crippen LogP contribution in [0.2, 0.25) is 0 Å². The highest BCUT2D eigenvalue weighted by Crippen LogP contribution is 2.34. The predicted molar refractivity (Wildman–Crippen MR) is 55.6 cm³/mol. The Kier molecular flexibility index (Phi) is 2.48. The summed E-state index contributed by atoms with van der Waals surface area (Å²) < 4.78 is 4.95. The van der Waals surface area contributed by atoms with Crippen molar-refractivity contribution in [1.29, 1.82) is 0 Å². The number of aliphatic hydroxyl groups is 1. The van der Waals surface area contributed by atoms with Crippen molar-refractivity contribution in [1.82, 2.24) is 0 Å². The molecule has 0 bridgehead atoms. The van der Waals surface area contributed by atoms with Crippen LogP contribution in [0.5, 0.6) is 0 Å². The Morgan fingerprint density at radius 3 is 2.50 bits per heavy atom. The van der Waals surface area contributed by atoms with E-state index in [-0.39, 0.29) is 11.4 Å². The zero-order chi connectivity index (χ0) is 11.7. The molecule has 4 heteroatoms. The SMILES string of the molecule is CC(=O)C1=C(O)C(=O)O[C@@H]1c1ccccc1. The number of ketones is 1. The molecule has 1 atom stereocenters. The fraction of sp³-hybridized carbons (Fsp3) is 0.167. The number of Topliss-reactive ketones (excluding diaryl/α,β-unsaturated/α-hetero) is 1. The largest absolute Gasteiger partial charge is 0.501 e. The number of rotatable bonds is 2. The molecule has 2 rings (SSSR count). The highest BCUT2D eigenvalue weighted by atomic mass is 16.6. The van der Waals surface area contributed by atoms with Crippen molar-refractivity contribution in [3.8, 4) is 0 Å². The van der Waals surface area contributed by atoms with Crippen LogP contribution < -0.4 is 0 Å². The summed E-state index contributed by atoms with van der Waals surface area (Å²) in [5.74, 6) is -1.79. The van der Waals surface area contributed by atoms with Crippen LogP contribution in [0.3, 0.4) is 0 Å². The van der Waals surface area contributed by atoms with Gasteiger partial charge in [0.1, 0.15) is 0 Å². The van der Waals surface area contributed by atoms with Crippen molar-refractivity contribution < 1.29 is 19.4 Å². The Balaban J connectivity index is 2.45. The summed E-state index contributed by atoms with van der Waals surface area (Å²) >= 11 is 0. The van der Waals surface area contributed by atoms with Crippen LogP contribution in [0.4, 0.5) is 0 Å². The number of cyclic esters (lactones) is 1. The van der Waals surface area contributed by atoms with Crippen LogP contribution in [0, 0.1) is 0 Å². The molecule has 0 spiro atoms. The van der Waals surface area contributed by atoms with E-state index in [2.05, 4.69) is 0 Å². The predicted octanol–water partition coefficient (Wildman–Crippen LogP) is 1.69. The van der Waals surface area contributed by atoms with E-state index in [1.54, 1.807) is 24.3 Å². The van der Waals surface area contributed by atoms with Crippen molar-refractivity contribution in [3.63, 3.8) is 0 Å². The minimum atomic E-state index is -0.848. The average Bonchev–Trinajstić information content (AvgIpc) is 2.57. The average molecular weight is 218 g/mol. The van der Waals surface area contributed by atoms with Gasteiger partial charge in [0.15, 0.2) is 11.9 Å². The van der Waals surface area contributed by atoms with E-state index in [9.17, 15) is 14.7 Å². The fourth-order valence-corrected chi connectivity index (χ4v) is 1.67. The first-order valence-corrected chi connectivity index (χ1v) is 4.81. The molecule has 0 aromatic heterocycles. The Labute approximate surface area is 92.2 Å². The third kappa shape index (κ3) is 1.58. The van der Waals surface area contributed by atoms with Gasteiger partial charge in [-0.3, -0.25) is 4.79 Å². The molecular weight excluding hydrogens is 208 g/mol. The highest BCUT2D eigenvalue weighted by Gasteiger charge is 2.37. The number of esters is 1. The van der Waals surface area contributed by atoms with Gasteiger partial charge >= 0.3 is 5.97 Å². The molecule has 0 saturated carbocycles. The second-order valence-corrected chi connectivity index (χ2v) is 3.51. The number of hydrogen-bond donors (Lipinski definition) is 1. The minimum Gasteiger partial charge on any atom is -0.501 e. The molecule has 1 aliphatic heterocycles. The molecule has 82 valence electrons. The topological polar surface area (TPSA) is 63.6 Å². The number of ether oxygens (including phenoxy) is 1. The lowest BCUT2D eigenvalue weighted by Gasteiger charge is -2.11. The van der Waals surface area contributed by atoms with Crippen LogP contribution in [0.15, 0.2) is 41.7 Å². The van der Waals surface area contributed by atoms with Crippen molar-refractivity contribution >= 4 is 11.8 Å². The first-order valence-electron chi connectivity index (χ1n) is 4.81. The maximum Gasteiger partial charge on any atom is 0.374 e. The molecule has 16 heavy (non-hydrogen) atoms. The second-order valence-electron chi connectivity index (χ2n) is 3.51. The normalized spacial score (nSPS) is 19.8. The highest BCUT2D eigenvalue weighted by molar-refractivity contribution is 6.05. The summed E-state index contributed by atoms with van der Waals surface area (Å²) in [6, 6.07) is 8.84. The number of carbonyl (C=O) groups is 2. The third-order valence-corrected chi connectivity index (χ3v) is 2.42. The van der Waals surface area contributed by atoms with Gasteiger partial charge in [-0.25, -0.2) is 4.79 Å². The van der Waals surface area contributed by atoms with Gasteiger partial charge in [0, 0.05) is 0 Å². The van der Waals surface area contributed by atoms with Crippen LogP contribution in [-0.4, -0.2) is 16.9 Å². The molecule has 0 amide bonds. The number of aliphatic hydroxyl groups excluding tert-OH is 1. The zero-order valence-electron chi connectivity index (χ0n) is 8.64. The summed E-state index contributed by atoms with van der Waals surface area (Å²) in [5, 5.41) is 9.44. The van der Waals surface area contributed by atoms with E-state index >= 15 is 0 Å². The Morgan fingerprint density at radius 2 is 1.94 bits per heavy atom. The van der Waals surface area contributed by atoms with Crippen LogP contribution >= 0.6 is 0 Å². The van der Waals surface area contributed by atoms with E-state index in [1.807, 2.05) is 6.07 Å². The first kappa shape index (κ1) is 10.4. The van der Waals surface area contributed by atoms with E-state index in [0.717, 1.165) is 0 Å². The van der Waals surface area contributed by atoms with Crippen LogP contribution in [0.1, 0.15) is 18.6 Å². The van der Waals surface area contributed by atoms with Crippen molar-refractivity contribution in [2.75, 3.05) is 0 Å².